The zero-order chi connectivity index (χ0) is 11.6. The highest BCUT2D eigenvalue weighted by Gasteiger charge is 2.20. The van der Waals surface area contributed by atoms with Gasteiger partial charge in [0.25, 0.3) is 9.05 Å². The Morgan fingerprint density at radius 2 is 2.13 bits per heavy atom. The molecule has 0 spiro atoms. The lowest BCUT2D eigenvalue weighted by atomic mass is 10.1. The summed E-state index contributed by atoms with van der Waals surface area (Å²) in [6, 6.07) is 4.41. The Morgan fingerprint density at radius 3 is 2.53 bits per heavy atom. The topological polar surface area (TPSA) is 78.2 Å². The summed E-state index contributed by atoms with van der Waals surface area (Å²) in [5.74, 6) is -0.577. The number of halogens is 1. The summed E-state index contributed by atoms with van der Waals surface area (Å²) in [6.07, 6.45) is 0.527. The minimum absolute atomic E-state index is 0.0424. The number of nitrogens with zero attached hydrogens (tertiary/aromatic N) is 1. The summed E-state index contributed by atoms with van der Waals surface area (Å²) < 4.78 is 22.0. The molecule has 1 aromatic rings. The maximum atomic E-state index is 11.0. The zero-order valence-corrected chi connectivity index (χ0v) is 9.43. The summed E-state index contributed by atoms with van der Waals surface area (Å²) in [7, 11) is 1.07. The van der Waals surface area contributed by atoms with Crippen LogP contribution in [0.3, 0.4) is 0 Å². The summed E-state index contributed by atoms with van der Waals surface area (Å²) >= 11 is 0. The van der Waals surface area contributed by atoms with Crippen LogP contribution in [0.5, 0.6) is 5.75 Å². The first kappa shape index (κ1) is 11.8. The minimum atomic E-state index is -4.02. The van der Waals surface area contributed by atoms with Gasteiger partial charge in [0.1, 0.15) is 11.0 Å². The first-order valence-electron chi connectivity index (χ1n) is 4.11. The molecular formula is C9H8ClNO3S. The summed E-state index contributed by atoms with van der Waals surface area (Å²) in [5, 5.41) is 18.3. The molecule has 0 fully saturated rings. The van der Waals surface area contributed by atoms with Crippen molar-refractivity contribution in [2.45, 2.75) is 18.2 Å². The van der Waals surface area contributed by atoms with Crippen LogP contribution in [0.2, 0.25) is 0 Å². The molecule has 0 saturated heterocycles. The van der Waals surface area contributed by atoms with Crippen molar-refractivity contribution >= 4 is 19.7 Å². The molecule has 1 N–H and O–H groups in total. The van der Waals surface area contributed by atoms with Gasteiger partial charge in [-0.2, -0.15) is 5.26 Å². The summed E-state index contributed by atoms with van der Waals surface area (Å²) in [5.41, 5.74) is 0.540. The Hall–Kier alpha value is -1.25. The zero-order valence-electron chi connectivity index (χ0n) is 7.86. The highest BCUT2D eigenvalue weighted by molar-refractivity contribution is 8.13. The number of aromatic hydroxyl groups is 1. The van der Waals surface area contributed by atoms with Crippen molar-refractivity contribution in [3.05, 3.63) is 23.3 Å². The van der Waals surface area contributed by atoms with Crippen LogP contribution in [0.4, 0.5) is 0 Å². The van der Waals surface area contributed by atoms with E-state index in [4.69, 9.17) is 15.9 Å². The van der Waals surface area contributed by atoms with Crippen molar-refractivity contribution in [2.75, 3.05) is 0 Å². The molecular weight excluding hydrogens is 238 g/mol. The predicted molar refractivity (Wildman–Crippen MR) is 55.2 cm³/mol. The smallest absolute Gasteiger partial charge is 0.265 e. The van der Waals surface area contributed by atoms with Crippen molar-refractivity contribution in [1.82, 2.24) is 0 Å². The quantitative estimate of drug-likeness (QED) is 0.806. The SMILES string of the molecule is CCc1ccc(S(=O)(=O)Cl)c(O)c1C#N. The fraction of sp³-hybridized carbons (Fsp3) is 0.222. The Bertz CT molecular complexity index is 531. The molecule has 0 amide bonds. The van der Waals surface area contributed by atoms with Crippen LogP contribution in [-0.4, -0.2) is 13.5 Å². The third-order valence-electron chi connectivity index (χ3n) is 1.98. The van der Waals surface area contributed by atoms with Crippen molar-refractivity contribution in [3.63, 3.8) is 0 Å². The van der Waals surface area contributed by atoms with Gasteiger partial charge < -0.3 is 5.11 Å². The van der Waals surface area contributed by atoms with E-state index in [0.717, 1.165) is 0 Å². The molecule has 0 bridgehead atoms. The number of aryl methyl sites for hydroxylation is 1. The lowest BCUT2D eigenvalue weighted by Gasteiger charge is -2.06. The van der Waals surface area contributed by atoms with Gasteiger partial charge in [0.2, 0.25) is 0 Å². The fourth-order valence-corrected chi connectivity index (χ4v) is 2.17. The molecule has 4 nitrogen and oxygen atoms in total. The highest BCUT2D eigenvalue weighted by atomic mass is 35.7. The molecule has 0 radical (unpaired) electrons. The monoisotopic (exact) mass is 245 g/mol. The van der Waals surface area contributed by atoms with Crippen LogP contribution in [0, 0.1) is 11.3 Å². The van der Waals surface area contributed by atoms with Crippen LogP contribution < -0.4 is 0 Å². The second kappa shape index (κ2) is 4.09. The largest absolute Gasteiger partial charge is 0.505 e. The number of hydrogen-bond donors (Lipinski definition) is 1. The predicted octanol–water partition coefficient (Wildman–Crippen LogP) is 1.75. The average Bonchev–Trinajstić information content (AvgIpc) is 2.15. The Kier molecular flexibility index (Phi) is 3.22. The second-order valence-corrected chi connectivity index (χ2v) is 5.38. The number of phenols is 1. The number of benzene rings is 1. The second-order valence-electron chi connectivity index (χ2n) is 2.85. The third-order valence-corrected chi connectivity index (χ3v) is 3.34. The van der Waals surface area contributed by atoms with Gasteiger partial charge in [0.15, 0.2) is 5.75 Å². The van der Waals surface area contributed by atoms with E-state index < -0.39 is 19.7 Å². The van der Waals surface area contributed by atoms with Gasteiger partial charge in [-0.15, -0.1) is 0 Å². The highest BCUT2D eigenvalue weighted by Crippen LogP contribution is 2.31. The first-order valence-corrected chi connectivity index (χ1v) is 6.42. The van der Waals surface area contributed by atoms with Crippen LogP contribution in [-0.2, 0) is 15.5 Å². The Labute approximate surface area is 92.1 Å². The van der Waals surface area contributed by atoms with Gasteiger partial charge in [-0.05, 0) is 18.1 Å². The van der Waals surface area contributed by atoms with Crippen LogP contribution in [0.1, 0.15) is 18.1 Å². The lowest BCUT2D eigenvalue weighted by Crippen LogP contribution is -1.96. The minimum Gasteiger partial charge on any atom is -0.505 e. The fourth-order valence-electron chi connectivity index (χ4n) is 1.23. The van der Waals surface area contributed by atoms with Crippen molar-refractivity contribution in [3.8, 4) is 11.8 Å². The lowest BCUT2D eigenvalue weighted by molar-refractivity contribution is 0.457. The Balaban J connectivity index is 3.59. The molecule has 1 aromatic carbocycles. The van der Waals surface area contributed by atoms with Gasteiger partial charge in [-0.25, -0.2) is 8.42 Å². The first-order chi connectivity index (χ1) is 6.91. The molecule has 0 unspecified atom stereocenters. The molecule has 0 aliphatic heterocycles. The van der Waals surface area contributed by atoms with Gasteiger partial charge >= 0.3 is 0 Å². The molecule has 0 saturated carbocycles. The van der Waals surface area contributed by atoms with Gasteiger partial charge in [-0.3, -0.25) is 0 Å². The molecule has 6 heteroatoms. The van der Waals surface area contributed by atoms with Gasteiger partial charge in [0.05, 0.1) is 5.56 Å². The average molecular weight is 246 g/mol. The van der Waals surface area contributed by atoms with E-state index >= 15 is 0 Å². The van der Waals surface area contributed by atoms with Crippen LogP contribution >= 0.6 is 10.7 Å². The van der Waals surface area contributed by atoms with Crippen molar-refractivity contribution in [2.24, 2.45) is 0 Å². The van der Waals surface area contributed by atoms with Gasteiger partial charge in [-0.1, -0.05) is 13.0 Å². The van der Waals surface area contributed by atoms with E-state index in [0.29, 0.717) is 12.0 Å². The van der Waals surface area contributed by atoms with Crippen molar-refractivity contribution in [1.29, 1.82) is 5.26 Å². The van der Waals surface area contributed by atoms with E-state index in [-0.39, 0.29) is 5.56 Å². The standard InChI is InChI=1S/C9H8ClNO3S/c1-2-6-3-4-8(15(10,13)14)9(12)7(6)5-11/h3-4,12H,2H2,1H3. The maximum Gasteiger partial charge on any atom is 0.265 e. The van der Waals surface area contributed by atoms with E-state index in [9.17, 15) is 13.5 Å². The molecule has 0 aromatic heterocycles. The van der Waals surface area contributed by atoms with E-state index in [1.54, 1.807) is 13.0 Å². The van der Waals surface area contributed by atoms with Crippen LogP contribution in [0.25, 0.3) is 0 Å². The van der Waals surface area contributed by atoms with E-state index in [2.05, 4.69) is 0 Å². The maximum absolute atomic E-state index is 11.0. The normalized spacial score (nSPS) is 11.0. The summed E-state index contributed by atoms with van der Waals surface area (Å²) in [4.78, 5) is -0.432. The molecule has 0 aliphatic rings. The summed E-state index contributed by atoms with van der Waals surface area (Å²) in [6.45, 7) is 1.80. The molecule has 0 heterocycles. The molecule has 80 valence electrons. The number of hydrogen-bond acceptors (Lipinski definition) is 4. The van der Waals surface area contributed by atoms with Crippen molar-refractivity contribution < 1.29 is 13.5 Å². The molecule has 1 rings (SSSR count). The molecule has 15 heavy (non-hydrogen) atoms. The molecule has 0 aliphatic carbocycles. The van der Waals surface area contributed by atoms with Crippen LogP contribution in [0.15, 0.2) is 17.0 Å². The molecule has 0 atom stereocenters. The van der Waals surface area contributed by atoms with E-state index in [1.807, 2.05) is 0 Å². The Morgan fingerprint density at radius 1 is 1.53 bits per heavy atom. The number of nitriles is 1. The van der Waals surface area contributed by atoms with Gasteiger partial charge in [0, 0.05) is 10.7 Å². The third kappa shape index (κ3) is 2.22. The number of rotatable bonds is 2. The van der Waals surface area contributed by atoms with E-state index in [1.165, 1.54) is 12.1 Å². The number of phenolic OH excluding ortho intramolecular Hbond substituents is 1.